The molecule has 6 nitrogen and oxygen atoms in total. The molecule has 2 aromatic rings. The van der Waals surface area contributed by atoms with E-state index in [1.54, 1.807) is 19.9 Å². The first-order valence-electron chi connectivity index (χ1n) is 9.42. The number of hydrogen-bond donors (Lipinski definition) is 2. The number of esters is 1. The van der Waals surface area contributed by atoms with Crippen molar-refractivity contribution in [1.82, 2.24) is 0 Å². The first kappa shape index (κ1) is 19.4. The van der Waals surface area contributed by atoms with Crippen molar-refractivity contribution in [3.05, 3.63) is 93.9 Å². The Bertz CT molecular complexity index is 1150. The van der Waals surface area contributed by atoms with Crippen LogP contribution in [0.4, 0.5) is 5.69 Å². The highest BCUT2D eigenvalue weighted by molar-refractivity contribution is 5.91. The summed E-state index contributed by atoms with van der Waals surface area (Å²) >= 11 is 0. The highest BCUT2D eigenvalue weighted by atomic mass is 16.5. The van der Waals surface area contributed by atoms with Gasteiger partial charge in [0.15, 0.2) is 11.3 Å². The Labute approximate surface area is 174 Å². The normalized spacial score (nSPS) is 17.0. The van der Waals surface area contributed by atoms with E-state index in [1.165, 1.54) is 18.2 Å². The number of fused-ring (bicyclic) bond motifs is 1. The molecule has 0 saturated heterocycles. The molecule has 1 aliphatic carbocycles. The van der Waals surface area contributed by atoms with Crippen LogP contribution in [-0.4, -0.2) is 29.2 Å². The maximum absolute atomic E-state index is 13.4. The molecule has 30 heavy (non-hydrogen) atoms. The average molecular weight is 402 g/mol. The van der Waals surface area contributed by atoms with Crippen molar-refractivity contribution in [3.63, 3.8) is 0 Å². The molecule has 4 rings (SSSR count). The molecule has 2 N–H and O–H groups in total. The van der Waals surface area contributed by atoms with Crippen molar-refractivity contribution in [3.8, 4) is 5.75 Å². The van der Waals surface area contributed by atoms with Crippen molar-refractivity contribution < 1.29 is 24.5 Å². The Morgan fingerprint density at radius 2 is 1.77 bits per heavy atom. The maximum Gasteiger partial charge on any atom is 0.335 e. The van der Waals surface area contributed by atoms with Crippen LogP contribution in [0.1, 0.15) is 33.0 Å². The molecule has 1 atom stereocenters. The van der Waals surface area contributed by atoms with Crippen LogP contribution < -0.4 is 9.64 Å². The quantitative estimate of drug-likeness (QED) is 0.454. The summed E-state index contributed by atoms with van der Waals surface area (Å²) < 4.78 is 5.79. The molecular weight excluding hydrogens is 382 g/mol. The molecule has 0 spiro atoms. The van der Waals surface area contributed by atoms with E-state index in [2.05, 4.69) is 6.08 Å². The molecule has 0 radical (unpaired) electrons. The molecule has 0 fully saturated rings. The Morgan fingerprint density at radius 3 is 2.43 bits per heavy atom. The van der Waals surface area contributed by atoms with Crippen LogP contribution in [-0.2, 0) is 4.79 Å². The monoisotopic (exact) mass is 402 g/mol. The standard InChI is InChI=1S/C24H19NO5/c1-13-10-15(23(27)28)11-14(2)22(13)30-24(29)21-17-6-4-5-7-19(17)25(3)20-9-8-16(26)12-18(20)21/h4-11,21H,1-3H3,(H-,26,27,28)/p+1. The summed E-state index contributed by atoms with van der Waals surface area (Å²) in [5, 5.41) is 19.2. The molecule has 0 bridgehead atoms. The summed E-state index contributed by atoms with van der Waals surface area (Å²) in [5.41, 5.74) is 4.14. The van der Waals surface area contributed by atoms with E-state index in [0.717, 1.165) is 16.9 Å². The van der Waals surface area contributed by atoms with Gasteiger partial charge in [-0.15, -0.1) is 0 Å². The van der Waals surface area contributed by atoms with Gasteiger partial charge >= 0.3 is 11.9 Å². The van der Waals surface area contributed by atoms with Crippen LogP contribution >= 0.6 is 0 Å². The maximum atomic E-state index is 13.4. The van der Waals surface area contributed by atoms with E-state index in [4.69, 9.17) is 4.74 Å². The van der Waals surface area contributed by atoms with Crippen LogP contribution in [0.15, 0.2) is 65.6 Å². The lowest BCUT2D eigenvalue weighted by Crippen LogP contribution is -2.32. The van der Waals surface area contributed by atoms with Gasteiger partial charge in [0.2, 0.25) is 0 Å². The first-order chi connectivity index (χ1) is 14.3. The molecular formula is C24H20NO5+. The fourth-order valence-electron chi connectivity index (χ4n) is 3.97. The van der Waals surface area contributed by atoms with Gasteiger partial charge in [0.25, 0.3) is 5.76 Å². The van der Waals surface area contributed by atoms with E-state index in [-0.39, 0.29) is 11.3 Å². The molecule has 1 heterocycles. The van der Waals surface area contributed by atoms with E-state index in [0.29, 0.717) is 22.4 Å². The Morgan fingerprint density at radius 1 is 1.10 bits per heavy atom. The minimum atomic E-state index is -1.04. The number of carboxylic acid groups (broad SMARTS) is 1. The number of benzene rings is 2. The minimum Gasteiger partial charge on any atom is -0.481 e. The van der Waals surface area contributed by atoms with E-state index >= 15 is 0 Å². The third-order valence-corrected chi connectivity index (χ3v) is 5.34. The van der Waals surface area contributed by atoms with Crippen molar-refractivity contribution >= 4 is 17.6 Å². The topological polar surface area (TPSA) is 87.1 Å². The Balaban J connectivity index is 1.79. The summed E-state index contributed by atoms with van der Waals surface area (Å²) in [5.74, 6) is -2.06. The summed E-state index contributed by atoms with van der Waals surface area (Å²) in [6, 6.07) is 10.5. The number of nitrogens with zero attached hydrogens (tertiary/aromatic N) is 1. The first-order valence-corrected chi connectivity index (χ1v) is 9.42. The lowest BCUT2D eigenvalue weighted by molar-refractivity contribution is -0.135. The van der Waals surface area contributed by atoms with Crippen molar-refractivity contribution in [1.29, 1.82) is 0 Å². The van der Waals surface area contributed by atoms with Crippen molar-refractivity contribution in [2.45, 2.75) is 19.8 Å². The van der Waals surface area contributed by atoms with Gasteiger partial charge in [0.1, 0.15) is 11.7 Å². The van der Waals surface area contributed by atoms with Crippen LogP contribution in [0.25, 0.3) is 0 Å². The number of aromatic carboxylic acids is 1. The zero-order valence-electron chi connectivity index (χ0n) is 16.8. The average Bonchev–Trinajstić information content (AvgIpc) is 2.70. The van der Waals surface area contributed by atoms with Crippen LogP contribution in [0.3, 0.4) is 0 Å². The number of para-hydroxylation sites is 1. The number of carbonyl (C=O) groups excluding carboxylic acids is 1. The van der Waals surface area contributed by atoms with Crippen LogP contribution in [0.5, 0.6) is 5.75 Å². The van der Waals surface area contributed by atoms with Crippen LogP contribution in [0.2, 0.25) is 0 Å². The van der Waals surface area contributed by atoms with Gasteiger partial charge in [0.05, 0.1) is 29.5 Å². The molecule has 0 amide bonds. The lowest BCUT2D eigenvalue weighted by atomic mass is 9.83. The fraction of sp³-hybridized carbons (Fsp3) is 0.167. The number of aliphatic hydroxyl groups excluding tert-OH is 1. The van der Waals surface area contributed by atoms with E-state index in [1.807, 2.05) is 36.2 Å². The zero-order valence-corrected chi connectivity index (χ0v) is 16.8. The number of aliphatic hydroxyl groups is 1. The van der Waals surface area contributed by atoms with Gasteiger partial charge in [-0.25, -0.2) is 4.79 Å². The SMILES string of the molecule is Cc1cc(C(=O)O)cc(C)c1OC(=O)C1C2=C(C=CC(O)=[C+]2)N(C)c2ccccc21. The molecule has 2 aliphatic rings. The smallest absolute Gasteiger partial charge is 0.335 e. The molecule has 1 aliphatic heterocycles. The van der Waals surface area contributed by atoms with E-state index < -0.39 is 17.9 Å². The number of hydrogen-bond acceptors (Lipinski definition) is 5. The predicted octanol–water partition coefficient (Wildman–Crippen LogP) is 4.21. The number of likely N-dealkylation sites (N-methyl/N-ethyl adjacent to an activating group) is 1. The molecule has 150 valence electrons. The molecule has 0 aromatic heterocycles. The van der Waals surface area contributed by atoms with Gasteiger partial charge in [-0.05, 0) is 48.7 Å². The second-order valence-electron chi connectivity index (χ2n) is 7.36. The Hall–Kier alpha value is -3.89. The van der Waals surface area contributed by atoms with Gasteiger partial charge in [-0.2, -0.15) is 0 Å². The predicted molar refractivity (Wildman–Crippen MR) is 112 cm³/mol. The lowest BCUT2D eigenvalue weighted by Gasteiger charge is -2.30. The zero-order chi connectivity index (χ0) is 21.6. The second kappa shape index (κ2) is 7.17. The Kier molecular flexibility index (Phi) is 4.65. The minimum absolute atomic E-state index is 0.0579. The molecule has 0 saturated carbocycles. The summed E-state index contributed by atoms with van der Waals surface area (Å²) in [7, 11) is 1.89. The third-order valence-electron chi connectivity index (χ3n) is 5.34. The summed E-state index contributed by atoms with van der Waals surface area (Å²) in [6.45, 7) is 3.41. The summed E-state index contributed by atoms with van der Waals surface area (Å²) in [4.78, 5) is 26.6. The van der Waals surface area contributed by atoms with Gasteiger partial charge in [0, 0.05) is 7.05 Å². The molecule has 2 aromatic carbocycles. The second-order valence-corrected chi connectivity index (χ2v) is 7.36. The van der Waals surface area contributed by atoms with Gasteiger partial charge < -0.3 is 14.9 Å². The highest BCUT2D eigenvalue weighted by Gasteiger charge is 2.42. The number of allylic oxidation sites excluding steroid dienone is 3. The number of anilines is 1. The van der Waals surface area contributed by atoms with Crippen molar-refractivity contribution in [2.75, 3.05) is 11.9 Å². The number of rotatable bonds is 3. The largest absolute Gasteiger partial charge is 0.481 e. The van der Waals surface area contributed by atoms with Gasteiger partial charge in [-0.1, -0.05) is 18.2 Å². The number of carboxylic acids is 1. The summed E-state index contributed by atoms with van der Waals surface area (Å²) in [6.07, 6.45) is 6.18. The number of aryl methyl sites for hydroxylation is 2. The van der Waals surface area contributed by atoms with Gasteiger partial charge in [-0.3, -0.25) is 9.69 Å². The number of ether oxygens (including phenoxy) is 1. The fourth-order valence-corrected chi connectivity index (χ4v) is 3.97. The molecule has 1 unspecified atom stereocenters. The van der Waals surface area contributed by atoms with Crippen molar-refractivity contribution in [2.24, 2.45) is 0 Å². The third kappa shape index (κ3) is 3.13. The highest BCUT2D eigenvalue weighted by Crippen LogP contribution is 2.43. The molecule has 6 heteroatoms. The number of carbonyl (C=O) groups is 2. The van der Waals surface area contributed by atoms with Crippen LogP contribution in [0, 0.1) is 19.9 Å². The van der Waals surface area contributed by atoms with E-state index in [9.17, 15) is 19.8 Å².